The minimum absolute atomic E-state index is 0. The molecule has 0 radical (unpaired) electrons. The summed E-state index contributed by atoms with van der Waals surface area (Å²) in [5, 5.41) is 0. The third-order valence-electron chi connectivity index (χ3n) is 1.59. The number of aromatic nitrogens is 2. The first kappa shape index (κ1) is 22.5. The fraction of sp³-hybridized carbons (Fsp3) is 0. The third-order valence-corrected chi connectivity index (χ3v) is 1.59. The first-order valence-corrected chi connectivity index (χ1v) is 7.30. The fourth-order valence-electron chi connectivity index (χ4n) is 1.03. The summed E-state index contributed by atoms with van der Waals surface area (Å²) in [6, 6.07) is 11.6. The summed E-state index contributed by atoms with van der Waals surface area (Å²) in [6.45, 7) is 0. The first-order chi connectivity index (χ1) is 9.43. The molecule has 0 atom stereocenters. The number of hydrogen-bond acceptors (Lipinski definition) is 8. The maximum Gasteiger partial charge on any atom is 4.00 e. The van der Waals surface area contributed by atoms with Gasteiger partial charge in [-0.05, 0) is 24.3 Å². The molecule has 0 spiro atoms. The van der Waals surface area contributed by atoms with Gasteiger partial charge < -0.3 is 25.1 Å². The van der Waals surface area contributed by atoms with Crippen LogP contribution < -0.4 is 25.1 Å². The average Bonchev–Trinajstić information content (AvgIpc) is 2.39. The molecule has 0 amide bonds. The molecule has 112 valence electrons. The summed E-state index contributed by atoms with van der Waals surface area (Å²) >= 11 is 0. The van der Waals surface area contributed by atoms with Crippen molar-refractivity contribution in [3.8, 4) is 11.4 Å². The van der Waals surface area contributed by atoms with Crippen LogP contribution in [0.5, 0.6) is 0 Å². The summed E-state index contributed by atoms with van der Waals surface area (Å²) < 4.78 is 8.48. The number of rotatable bonds is 1. The predicted molar refractivity (Wildman–Crippen MR) is 66.2 cm³/mol. The van der Waals surface area contributed by atoms with Gasteiger partial charge in [-0.3, -0.25) is 9.97 Å². The van der Waals surface area contributed by atoms with Crippen LogP contribution in [-0.2, 0) is 24.0 Å². The molecule has 0 fully saturated rings. The molecule has 8 nitrogen and oxygen atoms in total. The van der Waals surface area contributed by atoms with E-state index < -0.39 is 16.8 Å². The predicted octanol–water partition coefficient (Wildman–Crippen LogP) is -1.60. The SMILES string of the molecule is NP([O-])[O-].O=[P+]([O-])[O-].[Ru+4].c1ccc(-c2ccccn2)nc1. The van der Waals surface area contributed by atoms with Crippen LogP contribution in [0, 0.1) is 0 Å². The van der Waals surface area contributed by atoms with Gasteiger partial charge in [0.15, 0.2) is 0 Å². The van der Waals surface area contributed by atoms with E-state index in [9.17, 15) is 0 Å². The van der Waals surface area contributed by atoms with Crippen LogP contribution in [0.2, 0.25) is 0 Å². The van der Waals surface area contributed by atoms with Crippen molar-refractivity contribution in [3.63, 3.8) is 0 Å². The maximum absolute atomic E-state index is 8.81. The number of nitrogens with two attached hydrogens (primary N) is 1. The van der Waals surface area contributed by atoms with Crippen molar-refractivity contribution in [2.45, 2.75) is 0 Å². The summed E-state index contributed by atoms with van der Waals surface area (Å²) in [5.74, 6) is 0. The van der Waals surface area contributed by atoms with Crippen molar-refractivity contribution >= 4 is 16.8 Å². The van der Waals surface area contributed by atoms with Gasteiger partial charge in [-0.25, -0.2) is 8.53 Å². The molecule has 2 aromatic heterocycles. The number of hydrogen-bond donors (Lipinski definition) is 1. The Morgan fingerprint density at radius 2 is 1.24 bits per heavy atom. The maximum atomic E-state index is 8.81. The molecule has 11 heteroatoms. The smallest absolute Gasteiger partial charge is 0.830 e. The second kappa shape index (κ2) is 14.2. The van der Waals surface area contributed by atoms with E-state index in [2.05, 4.69) is 15.5 Å². The minimum Gasteiger partial charge on any atom is -0.830 e. The molecule has 2 aromatic rings. The number of pyridine rings is 2. The molecule has 0 saturated heterocycles. The van der Waals surface area contributed by atoms with Gasteiger partial charge >= 0.3 is 19.5 Å². The van der Waals surface area contributed by atoms with Crippen LogP contribution in [0.3, 0.4) is 0 Å². The van der Waals surface area contributed by atoms with Crippen molar-refractivity contribution in [2.75, 3.05) is 0 Å². The quantitative estimate of drug-likeness (QED) is 0.430. The Kier molecular flexibility index (Phi) is 15.2. The van der Waals surface area contributed by atoms with E-state index in [0.717, 1.165) is 11.4 Å². The van der Waals surface area contributed by atoms with Crippen molar-refractivity contribution in [1.82, 2.24) is 9.97 Å². The Balaban J connectivity index is 0. The van der Waals surface area contributed by atoms with Gasteiger partial charge in [-0.2, -0.15) is 0 Å². The molecule has 2 heterocycles. The summed E-state index contributed by atoms with van der Waals surface area (Å²) in [5.41, 5.74) is 5.89. The topological polar surface area (TPSA) is 161 Å². The van der Waals surface area contributed by atoms with Crippen molar-refractivity contribution in [2.24, 2.45) is 5.50 Å². The van der Waals surface area contributed by atoms with Crippen LogP contribution in [0.1, 0.15) is 0 Å². The van der Waals surface area contributed by atoms with Crippen molar-refractivity contribution in [1.29, 1.82) is 0 Å². The monoisotopic (exact) mass is 416 g/mol. The molecule has 0 bridgehead atoms. The van der Waals surface area contributed by atoms with E-state index >= 15 is 0 Å². The summed E-state index contributed by atoms with van der Waals surface area (Å²) in [7, 11) is -5.99. The van der Waals surface area contributed by atoms with Crippen LogP contribution in [0.4, 0.5) is 0 Å². The van der Waals surface area contributed by atoms with E-state index in [0.29, 0.717) is 0 Å². The van der Waals surface area contributed by atoms with E-state index in [1.165, 1.54) is 0 Å². The minimum atomic E-state index is -3.37. The molecular formula is C10H10N3O5P2Ru+. The van der Waals surface area contributed by atoms with Gasteiger partial charge in [-0.15, -0.1) is 0 Å². The van der Waals surface area contributed by atoms with Crippen LogP contribution in [-0.4, -0.2) is 9.97 Å². The molecule has 0 aliphatic carbocycles. The van der Waals surface area contributed by atoms with Gasteiger partial charge in [-0.1, -0.05) is 16.7 Å². The fourth-order valence-corrected chi connectivity index (χ4v) is 1.03. The molecule has 21 heavy (non-hydrogen) atoms. The second-order valence-corrected chi connectivity index (χ2v) is 3.96. The summed E-state index contributed by atoms with van der Waals surface area (Å²) in [4.78, 5) is 43.0. The molecule has 0 saturated carbocycles. The Labute approximate surface area is 136 Å². The van der Waals surface area contributed by atoms with Gasteiger partial charge in [0, 0.05) is 12.4 Å². The van der Waals surface area contributed by atoms with Gasteiger partial charge in [0.1, 0.15) is 0 Å². The molecule has 0 unspecified atom stereocenters. The molecule has 2 rings (SSSR count). The van der Waals surface area contributed by atoms with Gasteiger partial charge in [0.05, 0.1) is 11.4 Å². The summed E-state index contributed by atoms with van der Waals surface area (Å²) in [6.07, 6.45) is 3.54. The Hall–Kier alpha value is -0.747. The van der Waals surface area contributed by atoms with Crippen LogP contribution in [0.15, 0.2) is 48.8 Å². The van der Waals surface area contributed by atoms with Crippen LogP contribution in [0.25, 0.3) is 11.4 Å². The van der Waals surface area contributed by atoms with Gasteiger partial charge in [0.2, 0.25) is 0 Å². The van der Waals surface area contributed by atoms with E-state index in [1.807, 2.05) is 36.4 Å². The Morgan fingerprint density at radius 3 is 1.43 bits per heavy atom. The standard InChI is InChI=1S/C10H8N2.H2NO2P.HO3P.Ru/c1-3-7-11-9(5-1)10-6-2-4-8-12-10;2*1-4(2)3;/h1-8H;1H2;(H,1,2,3);/q;-2;;+4/p-1. The van der Waals surface area contributed by atoms with E-state index in [4.69, 9.17) is 24.1 Å². The Bertz CT molecular complexity index is 448. The molecule has 0 aromatic carbocycles. The molecule has 2 N–H and O–H groups in total. The molecule has 0 aliphatic heterocycles. The number of nitrogens with zero attached hydrogens (tertiary/aromatic N) is 2. The third kappa shape index (κ3) is 15.5. The first-order valence-electron chi connectivity index (χ1n) is 4.96. The van der Waals surface area contributed by atoms with Crippen molar-refractivity contribution in [3.05, 3.63) is 48.8 Å². The largest absolute Gasteiger partial charge is 4.00 e. The molecule has 0 aliphatic rings. The van der Waals surface area contributed by atoms with Crippen molar-refractivity contribution < 1.29 is 43.6 Å². The van der Waals surface area contributed by atoms with Crippen LogP contribution >= 0.6 is 16.8 Å². The van der Waals surface area contributed by atoms with Gasteiger partial charge in [0.25, 0.3) is 8.25 Å². The molecular weight excluding hydrogens is 405 g/mol. The zero-order valence-corrected chi connectivity index (χ0v) is 13.9. The normalized spacial score (nSPS) is 8.48. The van der Waals surface area contributed by atoms with E-state index in [1.54, 1.807) is 12.4 Å². The zero-order chi connectivity index (χ0) is 15.4. The Morgan fingerprint density at radius 1 is 0.952 bits per heavy atom. The zero-order valence-electron chi connectivity index (χ0n) is 10.4. The second-order valence-electron chi connectivity index (χ2n) is 2.94. The average molecular weight is 415 g/mol. The van der Waals surface area contributed by atoms with E-state index in [-0.39, 0.29) is 19.5 Å².